The van der Waals surface area contributed by atoms with Crippen LogP contribution in [0.15, 0.2) is 18.2 Å². The largest absolute Gasteiger partial charge is 0.316 e. The predicted octanol–water partition coefficient (Wildman–Crippen LogP) is 4.50. The molecule has 0 spiro atoms. The minimum atomic E-state index is 0.395. The van der Waals surface area contributed by atoms with Crippen LogP contribution in [0, 0.1) is 13.8 Å². The van der Waals surface area contributed by atoms with Crippen LogP contribution in [0.2, 0.25) is 0 Å². The smallest absolute Gasteiger partial charge is 0.00778 e. The third kappa shape index (κ3) is 3.39. The van der Waals surface area contributed by atoms with Crippen LogP contribution in [0.1, 0.15) is 62.1 Å². The summed E-state index contributed by atoms with van der Waals surface area (Å²) >= 11 is 0. The number of benzene rings is 1. The van der Waals surface area contributed by atoms with Crippen molar-refractivity contribution in [2.45, 2.75) is 64.7 Å². The molecule has 1 saturated carbocycles. The molecule has 1 heteroatoms. The minimum absolute atomic E-state index is 0.395. The Morgan fingerprint density at radius 3 is 2.42 bits per heavy atom. The Bertz CT molecular complexity index is 402. The van der Waals surface area contributed by atoms with Crippen molar-refractivity contribution >= 4 is 0 Å². The van der Waals surface area contributed by atoms with Crippen LogP contribution in [-0.4, -0.2) is 13.1 Å². The molecule has 1 N–H and O–H groups in total. The normalized spacial score (nSPS) is 18.5. The zero-order chi connectivity index (χ0) is 13.7. The molecule has 2 rings (SSSR count). The molecule has 0 heterocycles. The van der Waals surface area contributed by atoms with E-state index in [1.165, 1.54) is 49.7 Å². The molecule has 0 aliphatic heterocycles. The van der Waals surface area contributed by atoms with E-state index in [0.29, 0.717) is 5.41 Å². The van der Waals surface area contributed by atoms with E-state index in [2.05, 4.69) is 44.3 Å². The highest BCUT2D eigenvalue weighted by molar-refractivity contribution is 5.35. The lowest BCUT2D eigenvalue weighted by Crippen LogP contribution is -2.40. The van der Waals surface area contributed by atoms with E-state index in [0.717, 1.165) is 13.1 Å². The van der Waals surface area contributed by atoms with Gasteiger partial charge in [-0.3, -0.25) is 0 Å². The lowest BCUT2D eigenvalue weighted by atomic mass is 9.69. The molecule has 1 aromatic carbocycles. The van der Waals surface area contributed by atoms with E-state index in [4.69, 9.17) is 0 Å². The van der Waals surface area contributed by atoms with Crippen LogP contribution >= 0.6 is 0 Å². The van der Waals surface area contributed by atoms with Crippen molar-refractivity contribution in [3.05, 3.63) is 34.9 Å². The SMILES string of the molecule is CCCNCC1(c2ccc(C)c(C)c2)CCCCC1. The first-order chi connectivity index (χ1) is 9.18. The van der Waals surface area contributed by atoms with Gasteiger partial charge in [0.1, 0.15) is 0 Å². The molecule has 0 radical (unpaired) electrons. The molecule has 1 aromatic rings. The van der Waals surface area contributed by atoms with Gasteiger partial charge in [-0.05, 0) is 56.3 Å². The fraction of sp³-hybridized carbons (Fsp3) is 0.667. The Morgan fingerprint density at radius 1 is 1.05 bits per heavy atom. The fourth-order valence-corrected chi connectivity index (χ4v) is 3.37. The van der Waals surface area contributed by atoms with Crippen molar-refractivity contribution in [1.82, 2.24) is 5.32 Å². The van der Waals surface area contributed by atoms with Crippen LogP contribution in [-0.2, 0) is 5.41 Å². The fourth-order valence-electron chi connectivity index (χ4n) is 3.37. The van der Waals surface area contributed by atoms with Gasteiger partial charge in [0.2, 0.25) is 0 Å². The average Bonchev–Trinajstić information content (AvgIpc) is 2.43. The number of nitrogens with one attached hydrogen (secondary N) is 1. The Morgan fingerprint density at radius 2 is 1.79 bits per heavy atom. The topological polar surface area (TPSA) is 12.0 Å². The van der Waals surface area contributed by atoms with E-state index in [-0.39, 0.29) is 0 Å². The third-order valence-electron chi connectivity index (χ3n) is 4.82. The molecule has 0 amide bonds. The summed E-state index contributed by atoms with van der Waals surface area (Å²) in [6, 6.07) is 7.12. The van der Waals surface area contributed by atoms with E-state index in [1.54, 1.807) is 5.56 Å². The zero-order valence-corrected chi connectivity index (χ0v) is 12.9. The standard InChI is InChI=1S/C18H29N/c1-4-12-19-14-18(10-6-5-7-11-18)17-9-8-15(2)16(3)13-17/h8-9,13,19H,4-7,10-12,14H2,1-3H3. The van der Waals surface area contributed by atoms with Crippen LogP contribution in [0.25, 0.3) is 0 Å². The van der Waals surface area contributed by atoms with Crippen molar-refractivity contribution in [3.63, 3.8) is 0 Å². The lowest BCUT2D eigenvalue weighted by molar-refractivity contribution is 0.280. The van der Waals surface area contributed by atoms with Crippen LogP contribution in [0.3, 0.4) is 0 Å². The Kier molecular flexibility index (Phi) is 5.04. The second kappa shape index (κ2) is 6.56. The molecule has 0 bridgehead atoms. The predicted molar refractivity (Wildman–Crippen MR) is 83.8 cm³/mol. The van der Waals surface area contributed by atoms with Crippen molar-refractivity contribution < 1.29 is 0 Å². The summed E-state index contributed by atoms with van der Waals surface area (Å²) in [7, 11) is 0. The molecule has 19 heavy (non-hydrogen) atoms. The quantitative estimate of drug-likeness (QED) is 0.767. The van der Waals surface area contributed by atoms with Crippen LogP contribution in [0.5, 0.6) is 0 Å². The molecule has 0 unspecified atom stereocenters. The second-order valence-corrected chi connectivity index (χ2v) is 6.32. The highest BCUT2D eigenvalue weighted by Gasteiger charge is 2.33. The number of hydrogen-bond donors (Lipinski definition) is 1. The van der Waals surface area contributed by atoms with Crippen molar-refractivity contribution in [2.24, 2.45) is 0 Å². The first kappa shape index (κ1) is 14.6. The van der Waals surface area contributed by atoms with Gasteiger partial charge in [0, 0.05) is 12.0 Å². The molecule has 1 fully saturated rings. The first-order valence-electron chi connectivity index (χ1n) is 7.96. The van der Waals surface area contributed by atoms with Crippen molar-refractivity contribution in [3.8, 4) is 0 Å². The van der Waals surface area contributed by atoms with E-state index in [1.807, 2.05) is 0 Å². The van der Waals surface area contributed by atoms with Gasteiger partial charge in [-0.15, -0.1) is 0 Å². The van der Waals surface area contributed by atoms with Crippen molar-refractivity contribution in [2.75, 3.05) is 13.1 Å². The van der Waals surface area contributed by atoms with Gasteiger partial charge in [0.15, 0.2) is 0 Å². The van der Waals surface area contributed by atoms with Crippen LogP contribution in [0.4, 0.5) is 0 Å². The molecule has 1 nitrogen and oxygen atoms in total. The van der Waals surface area contributed by atoms with E-state index < -0.39 is 0 Å². The monoisotopic (exact) mass is 259 g/mol. The molecule has 0 atom stereocenters. The second-order valence-electron chi connectivity index (χ2n) is 6.32. The molecule has 0 aromatic heterocycles. The van der Waals surface area contributed by atoms with Gasteiger partial charge < -0.3 is 5.32 Å². The Hall–Kier alpha value is -0.820. The van der Waals surface area contributed by atoms with E-state index in [9.17, 15) is 0 Å². The number of rotatable bonds is 5. The minimum Gasteiger partial charge on any atom is -0.316 e. The lowest BCUT2D eigenvalue weighted by Gasteiger charge is -2.38. The van der Waals surface area contributed by atoms with E-state index >= 15 is 0 Å². The molecular formula is C18H29N. The molecular weight excluding hydrogens is 230 g/mol. The van der Waals surface area contributed by atoms with Crippen LogP contribution < -0.4 is 5.32 Å². The number of hydrogen-bond acceptors (Lipinski definition) is 1. The van der Waals surface area contributed by atoms with Crippen molar-refractivity contribution in [1.29, 1.82) is 0 Å². The summed E-state index contributed by atoms with van der Waals surface area (Å²) in [4.78, 5) is 0. The van der Waals surface area contributed by atoms with Gasteiger partial charge in [0.05, 0.1) is 0 Å². The average molecular weight is 259 g/mol. The maximum atomic E-state index is 3.68. The maximum absolute atomic E-state index is 3.68. The summed E-state index contributed by atoms with van der Waals surface area (Å²) in [6.45, 7) is 9.00. The molecule has 1 aliphatic carbocycles. The molecule has 106 valence electrons. The zero-order valence-electron chi connectivity index (χ0n) is 12.9. The Balaban J connectivity index is 2.22. The molecule has 1 aliphatic rings. The van der Waals surface area contributed by atoms with Gasteiger partial charge in [-0.2, -0.15) is 0 Å². The van der Waals surface area contributed by atoms with Gasteiger partial charge in [-0.25, -0.2) is 0 Å². The van der Waals surface area contributed by atoms with Gasteiger partial charge in [0.25, 0.3) is 0 Å². The number of aryl methyl sites for hydroxylation is 2. The summed E-state index contributed by atoms with van der Waals surface area (Å²) in [5.41, 5.74) is 4.82. The highest BCUT2D eigenvalue weighted by Crippen LogP contribution is 2.39. The maximum Gasteiger partial charge on any atom is 0.00778 e. The molecule has 0 saturated heterocycles. The summed E-state index contributed by atoms with van der Waals surface area (Å²) in [6.07, 6.45) is 8.13. The van der Waals surface area contributed by atoms with Gasteiger partial charge >= 0.3 is 0 Å². The van der Waals surface area contributed by atoms with Gasteiger partial charge in [-0.1, -0.05) is 44.4 Å². The Labute approximate surface area is 118 Å². The first-order valence-corrected chi connectivity index (χ1v) is 7.96. The third-order valence-corrected chi connectivity index (χ3v) is 4.82. The summed E-state index contributed by atoms with van der Waals surface area (Å²) in [5.74, 6) is 0. The summed E-state index contributed by atoms with van der Waals surface area (Å²) < 4.78 is 0. The summed E-state index contributed by atoms with van der Waals surface area (Å²) in [5, 5.41) is 3.68. The highest BCUT2D eigenvalue weighted by atomic mass is 14.9.